The summed E-state index contributed by atoms with van der Waals surface area (Å²) in [4.78, 5) is 25.2. The van der Waals surface area contributed by atoms with Gasteiger partial charge in [0.05, 0.1) is 18.3 Å². The van der Waals surface area contributed by atoms with Crippen LogP contribution in [-0.4, -0.2) is 36.2 Å². The first-order chi connectivity index (χ1) is 10.0. The second kappa shape index (κ2) is 7.51. The molecule has 0 radical (unpaired) electrons. The van der Waals surface area contributed by atoms with Crippen LogP contribution in [-0.2, 0) is 9.59 Å². The molecule has 1 unspecified atom stereocenters. The molecule has 4 nitrogen and oxygen atoms in total. The summed E-state index contributed by atoms with van der Waals surface area (Å²) >= 11 is 6.93. The van der Waals surface area contributed by atoms with Gasteiger partial charge in [0.25, 0.3) is 0 Å². The van der Waals surface area contributed by atoms with Crippen LogP contribution in [0.5, 0.6) is 0 Å². The summed E-state index contributed by atoms with van der Waals surface area (Å²) in [6, 6.07) is 3.78. The number of nitrogens with zero attached hydrogens (tertiary/aromatic N) is 1. The van der Waals surface area contributed by atoms with Gasteiger partial charge >= 0.3 is 0 Å². The van der Waals surface area contributed by atoms with Crippen LogP contribution in [0.1, 0.15) is 24.8 Å². The second-order valence-corrected chi connectivity index (χ2v) is 7.03. The molecule has 6 heteroatoms. The summed E-state index contributed by atoms with van der Waals surface area (Å²) in [6.45, 7) is 3.03. The number of hydrogen-bond acceptors (Lipinski definition) is 3. The van der Waals surface area contributed by atoms with E-state index in [2.05, 4.69) is 37.2 Å². The van der Waals surface area contributed by atoms with Crippen LogP contribution in [0.2, 0.25) is 0 Å². The number of aryl methyl sites for hydroxylation is 1. The van der Waals surface area contributed by atoms with Crippen LogP contribution in [0.3, 0.4) is 0 Å². The fourth-order valence-electron chi connectivity index (χ4n) is 2.55. The predicted molar refractivity (Wildman–Crippen MR) is 90.5 cm³/mol. The predicted octanol–water partition coefficient (Wildman–Crippen LogP) is 3.51. The molecule has 1 aliphatic heterocycles. The van der Waals surface area contributed by atoms with Crippen LogP contribution in [0.4, 0.5) is 5.69 Å². The number of rotatable bonds is 4. The number of hydrogen-bond donors (Lipinski definition) is 1. The highest BCUT2D eigenvalue weighted by atomic mass is 79.9. The summed E-state index contributed by atoms with van der Waals surface area (Å²) in [5, 5.41) is 2.91. The molecule has 1 aromatic carbocycles. The van der Waals surface area contributed by atoms with Crippen molar-refractivity contribution >= 4 is 49.7 Å². The molecule has 1 aromatic rings. The van der Waals surface area contributed by atoms with Gasteiger partial charge < -0.3 is 10.1 Å². The minimum Gasteiger partial charge on any atom is -0.323 e. The number of likely N-dealkylation sites (tertiary alicyclic amines) is 1. The van der Waals surface area contributed by atoms with Crippen LogP contribution in [0.25, 0.3) is 0 Å². The number of piperidine rings is 1. The zero-order valence-corrected chi connectivity index (χ0v) is 15.0. The number of benzene rings is 1. The molecule has 1 fully saturated rings. The van der Waals surface area contributed by atoms with Crippen molar-refractivity contribution in [3.05, 3.63) is 26.6 Å². The first-order valence-corrected chi connectivity index (χ1v) is 8.54. The lowest BCUT2D eigenvalue weighted by atomic mass is 10.0. The quantitative estimate of drug-likeness (QED) is 0.762. The van der Waals surface area contributed by atoms with E-state index in [1.165, 1.54) is 0 Å². The highest BCUT2D eigenvalue weighted by molar-refractivity contribution is 9.11. The van der Waals surface area contributed by atoms with Gasteiger partial charge in [-0.15, -0.1) is 0 Å². The maximum Gasteiger partial charge on any atom is 0.238 e. The van der Waals surface area contributed by atoms with Gasteiger partial charge in [-0.3, -0.25) is 9.69 Å². The third-order valence-corrected chi connectivity index (χ3v) is 4.87. The van der Waals surface area contributed by atoms with Crippen molar-refractivity contribution in [3.63, 3.8) is 0 Å². The standard InChI is InChI=1S/C15H18Br2N2O2/c1-10-6-12(16)15(13(17)7-10)18-14(21)8-19-5-3-2-4-11(19)9-20/h6-7,9,11H,2-5,8H2,1H3,(H,18,21). The smallest absolute Gasteiger partial charge is 0.238 e. The van der Waals surface area contributed by atoms with E-state index in [1.54, 1.807) is 0 Å². The van der Waals surface area contributed by atoms with Crippen molar-refractivity contribution in [2.45, 2.75) is 32.2 Å². The Bertz CT molecular complexity index is 525. The first-order valence-electron chi connectivity index (χ1n) is 6.96. The minimum atomic E-state index is -0.130. The highest BCUT2D eigenvalue weighted by Gasteiger charge is 2.24. The van der Waals surface area contributed by atoms with Gasteiger partial charge in [0.15, 0.2) is 0 Å². The molecule has 1 amide bonds. The molecular formula is C15H18Br2N2O2. The Morgan fingerprint density at radius 3 is 2.67 bits per heavy atom. The summed E-state index contributed by atoms with van der Waals surface area (Å²) < 4.78 is 1.68. The lowest BCUT2D eigenvalue weighted by Gasteiger charge is -2.31. The van der Waals surface area contributed by atoms with E-state index < -0.39 is 0 Å². The molecule has 1 atom stereocenters. The van der Waals surface area contributed by atoms with E-state index in [-0.39, 0.29) is 18.5 Å². The Balaban J connectivity index is 2.03. The molecule has 0 bridgehead atoms. The van der Waals surface area contributed by atoms with E-state index in [1.807, 2.05) is 24.0 Å². The minimum absolute atomic E-state index is 0.103. The number of carbonyl (C=O) groups excluding carboxylic acids is 2. The van der Waals surface area contributed by atoms with Crippen molar-refractivity contribution in [3.8, 4) is 0 Å². The van der Waals surface area contributed by atoms with Crippen molar-refractivity contribution in [2.75, 3.05) is 18.4 Å². The molecule has 114 valence electrons. The lowest BCUT2D eigenvalue weighted by molar-refractivity contribution is -0.120. The Morgan fingerprint density at radius 2 is 2.05 bits per heavy atom. The van der Waals surface area contributed by atoms with Crippen LogP contribution < -0.4 is 5.32 Å². The van der Waals surface area contributed by atoms with Crippen molar-refractivity contribution < 1.29 is 9.59 Å². The molecule has 1 aliphatic rings. The Labute approximate surface area is 141 Å². The molecule has 0 saturated carbocycles. The second-order valence-electron chi connectivity index (χ2n) is 5.32. The zero-order valence-electron chi connectivity index (χ0n) is 11.9. The lowest BCUT2D eigenvalue weighted by Crippen LogP contribution is -2.44. The van der Waals surface area contributed by atoms with Crippen LogP contribution >= 0.6 is 31.9 Å². The third-order valence-electron chi connectivity index (χ3n) is 3.62. The highest BCUT2D eigenvalue weighted by Crippen LogP contribution is 2.32. The molecule has 2 rings (SSSR count). The molecule has 1 N–H and O–H groups in total. The van der Waals surface area contributed by atoms with E-state index in [9.17, 15) is 9.59 Å². The molecular weight excluding hydrogens is 400 g/mol. The normalized spacial score (nSPS) is 19.3. The van der Waals surface area contributed by atoms with Crippen molar-refractivity contribution in [2.24, 2.45) is 0 Å². The monoisotopic (exact) mass is 416 g/mol. The number of aldehydes is 1. The fourth-order valence-corrected chi connectivity index (χ4v) is 4.16. The third kappa shape index (κ3) is 4.37. The van der Waals surface area contributed by atoms with Crippen LogP contribution in [0, 0.1) is 6.92 Å². The topological polar surface area (TPSA) is 49.4 Å². The molecule has 0 spiro atoms. The summed E-state index contributed by atoms with van der Waals surface area (Å²) in [5.74, 6) is -0.103. The van der Waals surface area contributed by atoms with E-state index >= 15 is 0 Å². The number of anilines is 1. The molecule has 0 aliphatic carbocycles. The van der Waals surface area contributed by atoms with Gasteiger partial charge in [-0.1, -0.05) is 6.42 Å². The molecule has 1 saturated heterocycles. The first kappa shape index (κ1) is 16.6. The summed E-state index contributed by atoms with van der Waals surface area (Å²) in [5.41, 5.74) is 1.83. The summed E-state index contributed by atoms with van der Waals surface area (Å²) in [7, 11) is 0. The summed E-state index contributed by atoms with van der Waals surface area (Å²) in [6.07, 6.45) is 3.88. The number of halogens is 2. The van der Waals surface area contributed by atoms with E-state index in [0.29, 0.717) is 0 Å². The van der Waals surface area contributed by atoms with Gasteiger partial charge in [-0.2, -0.15) is 0 Å². The number of amides is 1. The van der Waals surface area contributed by atoms with Gasteiger partial charge in [-0.05, 0) is 75.9 Å². The molecule has 1 heterocycles. The SMILES string of the molecule is Cc1cc(Br)c(NC(=O)CN2CCCCC2C=O)c(Br)c1. The van der Waals surface area contributed by atoms with Crippen molar-refractivity contribution in [1.82, 2.24) is 4.90 Å². The molecule has 0 aromatic heterocycles. The average Bonchev–Trinajstić information content (AvgIpc) is 2.43. The largest absolute Gasteiger partial charge is 0.323 e. The Hall–Kier alpha value is -0.720. The average molecular weight is 418 g/mol. The van der Waals surface area contributed by atoms with Crippen LogP contribution in [0.15, 0.2) is 21.1 Å². The van der Waals surface area contributed by atoms with Gasteiger partial charge in [-0.25, -0.2) is 0 Å². The van der Waals surface area contributed by atoms with Crippen molar-refractivity contribution in [1.29, 1.82) is 0 Å². The Morgan fingerprint density at radius 1 is 1.38 bits per heavy atom. The number of carbonyl (C=O) groups is 2. The maximum atomic E-state index is 12.2. The maximum absolute atomic E-state index is 12.2. The van der Waals surface area contributed by atoms with E-state index in [0.717, 1.165) is 52.3 Å². The van der Waals surface area contributed by atoms with Gasteiger partial charge in [0, 0.05) is 8.95 Å². The fraction of sp³-hybridized carbons (Fsp3) is 0.467. The zero-order chi connectivity index (χ0) is 15.4. The Kier molecular flexibility index (Phi) is 5.96. The van der Waals surface area contributed by atoms with Gasteiger partial charge in [0.1, 0.15) is 6.29 Å². The number of nitrogens with one attached hydrogen (secondary N) is 1. The van der Waals surface area contributed by atoms with E-state index in [4.69, 9.17) is 0 Å². The van der Waals surface area contributed by atoms with Gasteiger partial charge in [0.2, 0.25) is 5.91 Å². The molecule has 21 heavy (non-hydrogen) atoms.